The molecule has 6 nitrogen and oxygen atoms in total. The number of aromatic nitrogens is 1. The number of hydrogen-bond acceptors (Lipinski definition) is 3. The van der Waals surface area contributed by atoms with Gasteiger partial charge in [0, 0.05) is 29.9 Å². The number of carboxylic acid groups (broad SMARTS) is 1. The summed E-state index contributed by atoms with van der Waals surface area (Å²) in [5, 5.41) is 13.0. The molecule has 6 heteroatoms. The third-order valence-corrected chi connectivity index (χ3v) is 3.84. The maximum absolute atomic E-state index is 11.9. The minimum absolute atomic E-state index is 0.228. The van der Waals surface area contributed by atoms with Crippen LogP contribution in [0.4, 0.5) is 0 Å². The van der Waals surface area contributed by atoms with E-state index >= 15 is 0 Å². The highest BCUT2D eigenvalue weighted by Crippen LogP contribution is 2.19. The fourth-order valence-electron chi connectivity index (χ4n) is 2.59. The van der Waals surface area contributed by atoms with E-state index in [1.165, 1.54) is 0 Å². The molecule has 0 saturated heterocycles. The molecule has 1 atom stereocenters. The molecular formula is C17H23N3O3. The number of amides is 1. The fraction of sp³-hybridized carbons (Fsp3) is 0.412. The van der Waals surface area contributed by atoms with Gasteiger partial charge < -0.3 is 21.1 Å². The first kappa shape index (κ1) is 17.0. The van der Waals surface area contributed by atoms with E-state index in [9.17, 15) is 14.7 Å². The Balaban J connectivity index is 1.96. The maximum Gasteiger partial charge on any atom is 0.326 e. The third-order valence-electron chi connectivity index (χ3n) is 3.84. The van der Waals surface area contributed by atoms with Gasteiger partial charge in [-0.2, -0.15) is 0 Å². The van der Waals surface area contributed by atoms with E-state index in [1.54, 1.807) is 6.20 Å². The van der Waals surface area contributed by atoms with Crippen molar-refractivity contribution in [2.45, 2.75) is 38.1 Å². The molecule has 0 radical (unpaired) electrons. The summed E-state index contributed by atoms with van der Waals surface area (Å²) in [6.07, 6.45) is 4.87. The molecule has 0 aliphatic carbocycles. The van der Waals surface area contributed by atoms with Crippen LogP contribution in [0.3, 0.4) is 0 Å². The first-order chi connectivity index (χ1) is 11.1. The molecule has 5 N–H and O–H groups in total. The second-order valence-electron chi connectivity index (χ2n) is 5.62. The minimum Gasteiger partial charge on any atom is -0.480 e. The number of unbranched alkanes of at least 4 members (excludes halogenated alkanes) is 2. The van der Waals surface area contributed by atoms with Crippen molar-refractivity contribution < 1.29 is 14.7 Å². The van der Waals surface area contributed by atoms with E-state index in [4.69, 9.17) is 5.73 Å². The number of para-hydroxylation sites is 1. The summed E-state index contributed by atoms with van der Waals surface area (Å²) in [5.74, 6) is -1.25. The van der Waals surface area contributed by atoms with Gasteiger partial charge in [0.05, 0.1) is 0 Å². The van der Waals surface area contributed by atoms with Crippen LogP contribution in [0.15, 0.2) is 30.5 Å². The molecule has 0 saturated carbocycles. The zero-order valence-electron chi connectivity index (χ0n) is 13.0. The molecule has 0 aliphatic rings. The average Bonchev–Trinajstić information content (AvgIpc) is 2.94. The Kier molecular flexibility index (Phi) is 6.17. The van der Waals surface area contributed by atoms with Crippen molar-refractivity contribution in [2.75, 3.05) is 6.54 Å². The van der Waals surface area contributed by atoms with Gasteiger partial charge in [-0.25, -0.2) is 4.79 Å². The maximum atomic E-state index is 11.9. The normalized spacial score (nSPS) is 12.2. The third kappa shape index (κ3) is 4.82. The van der Waals surface area contributed by atoms with Crippen molar-refractivity contribution in [3.8, 4) is 0 Å². The number of H-pyrrole nitrogens is 1. The lowest BCUT2D eigenvalue weighted by Crippen LogP contribution is -2.42. The summed E-state index contributed by atoms with van der Waals surface area (Å²) in [6.45, 7) is 0.611. The molecule has 0 unspecified atom stereocenters. The van der Waals surface area contributed by atoms with Gasteiger partial charge in [0.1, 0.15) is 6.04 Å². The Morgan fingerprint density at radius 2 is 2.00 bits per heavy atom. The molecule has 2 aromatic rings. The van der Waals surface area contributed by atoms with Crippen molar-refractivity contribution in [1.29, 1.82) is 0 Å². The zero-order chi connectivity index (χ0) is 16.7. The minimum atomic E-state index is -1.02. The predicted molar refractivity (Wildman–Crippen MR) is 89.1 cm³/mol. The molecule has 1 aromatic heterocycles. The van der Waals surface area contributed by atoms with Gasteiger partial charge >= 0.3 is 5.97 Å². The number of fused-ring (bicyclic) bond motifs is 1. The molecule has 124 valence electrons. The van der Waals surface area contributed by atoms with Crippen molar-refractivity contribution in [1.82, 2.24) is 10.3 Å². The highest BCUT2D eigenvalue weighted by atomic mass is 16.4. The summed E-state index contributed by atoms with van der Waals surface area (Å²) < 4.78 is 0. The Morgan fingerprint density at radius 3 is 2.74 bits per heavy atom. The number of benzene rings is 1. The molecule has 1 amide bonds. The number of carbonyl (C=O) groups excluding carboxylic acids is 1. The summed E-state index contributed by atoms with van der Waals surface area (Å²) in [4.78, 5) is 26.4. The van der Waals surface area contributed by atoms with Crippen LogP contribution in [0.25, 0.3) is 10.9 Å². The molecule has 1 aromatic carbocycles. The second-order valence-corrected chi connectivity index (χ2v) is 5.62. The van der Waals surface area contributed by atoms with Gasteiger partial charge in [-0.15, -0.1) is 0 Å². The van der Waals surface area contributed by atoms with Crippen LogP contribution in [0.5, 0.6) is 0 Å². The molecule has 1 heterocycles. The van der Waals surface area contributed by atoms with Gasteiger partial charge in [0.15, 0.2) is 0 Å². The van der Waals surface area contributed by atoms with E-state index in [-0.39, 0.29) is 12.3 Å². The Morgan fingerprint density at radius 1 is 1.22 bits per heavy atom. The lowest BCUT2D eigenvalue weighted by Gasteiger charge is -2.14. The SMILES string of the molecule is NCCCCCC(=O)N[C@H](Cc1c[nH]c2ccccc12)C(=O)O. The second kappa shape index (κ2) is 8.33. The lowest BCUT2D eigenvalue weighted by molar-refractivity contribution is -0.141. The predicted octanol–water partition coefficient (Wildman–Crippen LogP) is 1.80. The highest BCUT2D eigenvalue weighted by molar-refractivity contribution is 5.86. The van der Waals surface area contributed by atoms with E-state index in [0.29, 0.717) is 13.0 Å². The van der Waals surface area contributed by atoms with Crippen LogP contribution in [0.1, 0.15) is 31.2 Å². The van der Waals surface area contributed by atoms with Gasteiger partial charge in [-0.05, 0) is 31.0 Å². The average molecular weight is 317 g/mol. The summed E-state index contributed by atoms with van der Waals surface area (Å²) in [6, 6.07) is 6.78. The highest BCUT2D eigenvalue weighted by Gasteiger charge is 2.21. The van der Waals surface area contributed by atoms with Crippen molar-refractivity contribution >= 4 is 22.8 Å². The Labute approximate surface area is 135 Å². The van der Waals surface area contributed by atoms with Crippen molar-refractivity contribution in [2.24, 2.45) is 5.73 Å². The van der Waals surface area contributed by atoms with E-state index in [0.717, 1.165) is 35.7 Å². The molecular weight excluding hydrogens is 294 g/mol. The van der Waals surface area contributed by atoms with Gasteiger partial charge in [0.2, 0.25) is 5.91 Å². The number of carbonyl (C=O) groups is 2. The molecule has 23 heavy (non-hydrogen) atoms. The first-order valence-electron chi connectivity index (χ1n) is 7.89. The van der Waals surface area contributed by atoms with Crippen LogP contribution < -0.4 is 11.1 Å². The quantitative estimate of drug-likeness (QED) is 0.529. The van der Waals surface area contributed by atoms with Crippen LogP contribution >= 0.6 is 0 Å². The number of hydrogen-bond donors (Lipinski definition) is 4. The van der Waals surface area contributed by atoms with Crippen molar-refractivity contribution in [3.05, 3.63) is 36.0 Å². The monoisotopic (exact) mass is 317 g/mol. The topological polar surface area (TPSA) is 108 Å². The molecule has 0 fully saturated rings. The lowest BCUT2D eigenvalue weighted by atomic mass is 10.0. The molecule has 0 bridgehead atoms. The van der Waals surface area contributed by atoms with Crippen LogP contribution in [0.2, 0.25) is 0 Å². The van der Waals surface area contributed by atoms with E-state index in [1.807, 2.05) is 24.3 Å². The number of aliphatic carboxylic acids is 1. The summed E-state index contributed by atoms with van der Waals surface area (Å²) >= 11 is 0. The van der Waals surface area contributed by atoms with Crippen LogP contribution in [0, 0.1) is 0 Å². The van der Waals surface area contributed by atoms with Crippen LogP contribution in [-0.2, 0) is 16.0 Å². The smallest absolute Gasteiger partial charge is 0.326 e. The number of rotatable bonds is 9. The largest absolute Gasteiger partial charge is 0.480 e. The Bertz CT molecular complexity index is 666. The fourth-order valence-corrected chi connectivity index (χ4v) is 2.59. The molecule has 0 spiro atoms. The van der Waals surface area contributed by atoms with Crippen LogP contribution in [-0.4, -0.2) is 34.6 Å². The number of carboxylic acids is 1. The summed E-state index contributed by atoms with van der Waals surface area (Å²) in [5.41, 5.74) is 7.25. The van der Waals surface area contributed by atoms with Gasteiger partial charge in [0.25, 0.3) is 0 Å². The van der Waals surface area contributed by atoms with Gasteiger partial charge in [-0.1, -0.05) is 24.6 Å². The first-order valence-corrected chi connectivity index (χ1v) is 7.89. The van der Waals surface area contributed by atoms with E-state index in [2.05, 4.69) is 10.3 Å². The van der Waals surface area contributed by atoms with E-state index < -0.39 is 12.0 Å². The zero-order valence-corrected chi connectivity index (χ0v) is 13.0. The Hall–Kier alpha value is -2.34. The number of nitrogens with two attached hydrogens (primary N) is 1. The standard InChI is InChI=1S/C17H23N3O3/c18-9-5-1-2-8-16(21)20-15(17(22)23)10-12-11-19-14-7-4-3-6-13(12)14/h3-4,6-7,11,15,19H,1-2,5,8-10,18H2,(H,20,21)(H,22,23)/t15-/m1/s1. The number of aromatic amines is 1. The molecule has 2 rings (SSSR count). The van der Waals surface area contributed by atoms with Crippen molar-refractivity contribution in [3.63, 3.8) is 0 Å². The van der Waals surface area contributed by atoms with Gasteiger partial charge in [-0.3, -0.25) is 4.79 Å². The number of nitrogens with one attached hydrogen (secondary N) is 2. The summed E-state index contributed by atoms with van der Waals surface area (Å²) in [7, 11) is 0. The molecule has 0 aliphatic heterocycles.